The summed E-state index contributed by atoms with van der Waals surface area (Å²) in [5.41, 5.74) is 0.210. The van der Waals surface area contributed by atoms with E-state index in [1.54, 1.807) is 0 Å². The van der Waals surface area contributed by atoms with Crippen LogP contribution in [-0.2, 0) is 11.2 Å². The summed E-state index contributed by atoms with van der Waals surface area (Å²) in [6.07, 6.45) is 0.469. The van der Waals surface area contributed by atoms with Gasteiger partial charge < -0.3 is 9.84 Å². The van der Waals surface area contributed by atoms with E-state index in [0.29, 0.717) is 0 Å². The molecule has 0 amide bonds. The second-order valence-corrected chi connectivity index (χ2v) is 3.85. The van der Waals surface area contributed by atoms with Gasteiger partial charge in [0.25, 0.3) is 0 Å². The van der Waals surface area contributed by atoms with Crippen LogP contribution in [0.2, 0.25) is 0 Å². The Kier molecular flexibility index (Phi) is 4.43. The van der Waals surface area contributed by atoms with Gasteiger partial charge in [-0.2, -0.15) is 0 Å². The number of rotatable bonds is 5. The quantitative estimate of drug-likeness (QED) is 0.866. The molecule has 0 saturated heterocycles. The van der Waals surface area contributed by atoms with Crippen molar-refractivity contribution in [3.05, 3.63) is 29.3 Å². The highest BCUT2D eigenvalue weighted by atomic mass is 19.1. The minimum absolute atomic E-state index is 0.111. The Hall–Kier alpha value is -1.65. The number of carbonyl (C=O) groups is 1. The molecule has 1 aromatic rings. The molecule has 0 radical (unpaired) electrons. The van der Waals surface area contributed by atoms with Gasteiger partial charge in [-0.05, 0) is 12.8 Å². The van der Waals surface area contributed by atoms with Crippen molar-refractivity contribution in [2.45, 2.75) is 19.8 Å². The molecule has 17 heavy (non-hydrogen) atoms. The smallest absolute Gasteiger partial charge is 0.306 e. The van der Waals surface area contributed by atoms with Gasteiger partial charge in [-0.15, -0.1) is 0 Å². The zero-order chi connectivity index (χ0) is 13.0. The Morgan fingerprint density at radius 3 is 2.65 bits per heavy atom. The van der Waals surface area contributed by atoms with Gasteiger partial charge in [-0.1, -0.05) is 6.92 Å². The first kappa shape index (κ1) is 13.4. The Balaban J connectivity index is 2.86. The van der Waals surface area contributed by atoms with Crippen molar-refractivity contribution >= 4 is 5.97 Å². The Bertz CT molecular complexity index is 418. The van der Waals surface area contributed by atoms with Gasteiger partial charge in [0.2, 0.25) is 0 Å². The number of carboxylic acid groups (broad SMARTS) is 1. The molecule has 3 nitrogen and oxygen atoms in total. The Labute approximate surface area is 98.0 Å². The number of ether oxygens (including phenoxy) is 1. The average Bonchev–Trinajstić information content (AvgIpc) is 2.26. The molecule has 0 aliphatic rings. The van der Waals surface area contributed by atoms with Crippen molar-refractivity contribution < 1.29 is 23.4 Å². The van der Waals surface area contributed by atoms with Gasteiger partial charge in [0.05, 0.1) is 13.0 Å². The number of halogens is 2. The molecule has 0 spiro atoms. The normalized spacial score (nSPS) is 12.2. The highest BCUT2D eigenvalue weighted by molar-refractivity contribution is 5.69. The second kappa shape index (κ2) is 5.61. The van der Waals surface area contributed by atoms with Crippen molar-refractivity contribution in [2.24, 2.45) is 5.92 Å². The van der Waals surface area contributed by atoms with E-state index >= 15 is 0 Å². The van der Waals surface area contributed by atoms with Crippen LogP contribution in [0.25, 0.3) is 0 Å². The zero-order valence-electron chi connectivity index (χ0n) is 9.67. The molecule has 5 heteroatoms. The largest absolute Gasteiger partial charge is 0.496 e. The van der Waals surface area contributed by atoms with Gasteiger partial charge in [0, 0.05) is 17.7 Å². The summed E-state index contributed by atoms with van der Waals surface area (Å²) in [5.74, 6) is -2.83. The SMILES string of the molecule is COc1cc(F)cc(F)c1CCC(C)C(=O)O. The molecule has 0 saturated carbocycles. The first-order chi connectivity index (χ1) is 7.95. The fraction of sp³-hybridized carbons (Fsp3) is 0.417. The highest BCUT2D eigenvalue weighted by Gasteiger charge is 2.16. The van der Waals surface area contributed by atoms with E-state index in [9.17, 15) is 13.6 Å². The molecule has 1 atom stereocenters. The summed E-state index contributed by atoms with van der Waals surface area (Å²) < 4.78 is 31.3. The molecule has 1 rings (SSSR count). The summed E-state index contributed by atoms with van der Waals surface area (Å²) in [7, 11) is 1.32. The Morgan fingerprint density at radius 2 is 2.12 bits per heavy atom. The summed E-state index contributed by atoms with van der Waals surface area (Å²) in [4.78, 5) is 10.6. The van der Waals surface area contributed by atoms with Crippen LogP contribution in [0.4, 0.5) is 8.78 Å². The second-order valence-electron chi connectivity index (χ2n) is 3.85. The fourth-order valence-corrected chi connectivity index (χ4v) is 1.49. The van der Waals surface area contributed by atoms with Crippen LogP contribution in [0.15, 0.2) is 12.1 Å². The minimum Gasteiger partial charge on any atom is -0.496 e. The van der Waals surface area contributed by atoms with Gasteiger partial charge >= 0.3 is 5.97 Å². The van der Waals surface area contributed by atoms with Gasteiger partial charge in [0.1, 0.15) is 17.4 Å². The third-order valence-electron chi connectivity index (χ3n) is 2.59. The first-order valence-electron chi connectivity index (χ1n) is 5.20. The maximum absolute atomic E-state index is 13.5. The summed E-state index contributed by atoms with van der Waals surface area (Å²) in [5, 5.41) is 8.71. The third-order valence-corrected chi connectivity index (χ3v) is 2.59. The number of hydrogen-bond acceptors (Lipinski definition) is 2. The topological polar surface area (TPSA) is 46.5 Å². The molecule has 0 aliphatic carbocycles. The molecule has 0 bridgehead atoms. The molecule has 0 heterocycles. The number of aliphatic carboxylic acids is 1. The van der Waals surface area contributed by atoms with Crippen molar-refractivity contribution in [3.8, 4) is 5.75 Å². The lowest BCUT2D eigenvalue weighted by Crippen LogP contribution is -2.11. The lowest BCUT2D eigenvalue weighted by atomic mass is 10.00. The summed E-state index contributed by atoms with van der Waals surface area (Å²) >= 11 is 0. The fourth-order valence-electron chi connectivity index (χ4n) is 1.49. The average molecular weight is 244 g/mol. The van der Waals surface area contributed by atoms with Crippen LogP contribution < -0.4 is 4.74 Å². The maximum atomic E-state index is 13.5. The van der Waals surface area contributed by atoms with Crippen LogP contribution in [0.1, 0.15) is 18.9 Å². The van der Waals surface area contributed by atoms with E-state index in [-0.39, 0.29) is 24.2 Å². The van der Waals surface area contributed by atoms with Crippen molar-refractivity contribution in [3.63, 3.8) is 0 Å². The molecule has 1 aromatic carbocycles. The van der Waals surface area contributed by atoms with Crippen LogP contribution in [0.5, 0.6) is 5.75 Å². The number of carboxylic acids is 1. The van der Waals surface area contributed by atoms with Gasteiger partial charge in [0.15, 0.2) is 0 Å². The molecule has 1 N–H and O–H groups in total. The van der Waals surface area contributed by atoms with Crippen LogP contribution in [0.3, 0.4) is 0 Å². The van der Waals surface area contributed by atoms with Crippen molar-refractivity contribution in [1.29, 1.82) is 0 Å². The monoisotopic (exact) mass is 244 g/mol. The Morgan fingerprint density at radius 1 is 1.47 bits per heavy atom. The van der Waals surface area contributed by atoms with Crippen molar-refractivity contribution in [1.82, 2.24) is 0 Å². The zero-order valence-corrected chi connectivity index (χ0v) is 9.67. The number of benzene rings is 1. The van der Waals surface area contributed by atoms with E-state index in [1.165, 1.54) is 14.0 Å². The van der Waals surface area contributed by atoms with E-state index < -0.39 is 23.5 Å². The van der Waals surface area contributed by atoms with Crippen LogP contribution in [0, 0.1) is 17.6 Å². The molecule has 1 unspecified atom stereocenters. The predicted molar refractivity (Wildman–Crippen MR) is 58.0 cm³/mol. The van der Waals surface area contributed by atoms with Crippen molar-refractivity contribution in [2.75, 3.05) is 7.11 Å². The van der Waals surface area contributed by atoms with E-state index in [2.05, 4.69) is 0 Å². The predicted octanol–water partition coefficient (Wildman–Crippen LogP) is 2.63. The standard InChI is InChI=1S/C12H14F2O3/c1-7(12(15)16)3-4-9-10(14)5-8(13)6-11(9)17-2/h5-7H,3-4H2,1-2H3,(H,15,16). The molecular formula is C12H14F2O3. The molecule has 94 valence electrons. The van der Waals surface area contributed by atoms with Gasteiger partial charge in [-0.3, -0.25) is 4.79 Å². The van der Waals surface area contributed by atoms with E-state index in [4.69, 9.17) is 9.84 Å². The minimum atomic E-state index is -0.938. The van der Waals surface area contributed by atoms with Gasteiger partial charge in [-0.25, -0.2) is 8.78 Å². The maximum Gasteiger partial charge on any atom is 0.306 e. The molecule has 0 aromatic heterocycles. The number of hydrogen-bond donors (Lipinski definition) is 1. The van der Waals surface area contributed by atoms with Crippen LogP contribution in [-0.4, -0.2) is 18.2 Å². The first-order valence-corrected chi connectivity index (χ1v) is 5.20. The van der Waals surface area contributed by atoms with Crippen LogP contribution >= 0.6 is 0 Å². The lowest BCUT2D eigenvalue weighted by Gasteiger charge is -2.11. The third kappa shape index (κ3) is 3.41. The summed E-state index contributed by atoms with van der Waals surface area (Å²) in [6.45, 7) is 1.54. The molecule has 0 aliphatic heterocycles. The lowest BCUT2D eigenvalue weighted by molar-refractivity contribution is -0.141. The number of methoxy groups -OCH3 is 1. The van der Waals surface area contributed by atoms with E-state index in [1.807, 2.05) is 0 Å². The van der Waals surface area contributed by atoms with E-state index in [0.717, 1.165) is 12.1 Å². The molecular weight excluding hydrogens is 230 g/mol. The summed E-state index contributed by atoms with van der Waals surface area (Å²) in [6, 6.07) is 1.85. The molecule has 0 fully saturated rings. The highest BCUT2D eigenvalue weighted by Crippen LogP contribution is 2.25.